The molecule has 0 aromatic heterocycles. The van der Waals surface area contributed by atoms with Gasteiger partial charge in [0.05, 0.1) is 0 Å². The smallest absolute Gasteiger partial charge is 0.000781 e. The van der Waals surface area contributed by atoms with Gasteiger partial charge in [-0.3, -0.25) is 0 Å². The van der Waals surface area contributed by atoms with E-state index < -0.39 is 0 Å². The zero-order valence-corrected chi connectivity index (χ0v) is 8.02. The van der Waals surface area contributed by atoms with Crippen molar-refractivity contribution < 1.29 is 0 Å². The number of nitrogens with two attached hydrogens (primary N) is 1. The summed E-state index contributed by atoms with van der Waals surface area (Å²) in [6.45, 7) is 7.34. The third-order valence-electron chi connectivity index (χ3n) is 1.28. The molecule has 0 rings (SSSR count). The van der Waals surface area contributed by atoms with Crippen LogP contribution in [0.1, 0.15) is 27.2 Å². The first-order valence-corrected chi connectivity index (χ1v) is 3.94. The average Bonchev–Trinajstić information content (AvgIpc) is 1.89. The average molecular weight is 146 g/mol. The van der Waals surface area contributed by atoms with Gasteiger partial charge in [-0.25, -0.2) is 0 Å². The Morgan fingerprint density at radius 1 is 1.30 bits per heavy atom. The zero-order valence-electron chi connectivity index (χ0n) is 8.02. The van der Waals surface area contributed by atoms with E-state index in [1.165, 1.54) is 0 Å². The number of hydrogen-bond acceptors (Lipinski definition) is 2. The molecule has 0 fully saturated rings. The minimum Gasteiger partial charge on any atom is -0.328 e. The summed E-state index contributed by atoms with van der Waals surface area (Å²) in [6.07, 6.45) is 1.08. The third kappa shape index (κ3) is 24.7. The Hall–Kier alpha value is -0.0800. The lowest BCUT2D eigenvalue weighted by Gasteiger charge is -2.00. The van der Waals surface area contributed by atoms with Crippen molar-refractivity contribution in [1.29, 1.82) is 0 Å². The van der Waals surface area contributed by atoms with E-state index in [1.54, 1.807) is 0 Å². The van der Waals surface area contributed by atoms with Crippen molar-refractivity contribution in [3.05, 3.63) is 0 Å². The van der Waals surface area contributed by atoms with Crippen molar-refractivity contribution in [2.75, 3.05) is 20.6 Å². The van der Waals surface area contributed by atoms with Gasteiger partial charge in [0.2, 0.25) is 0 Å². The highest BCUT2D eigenvalue weighted by Gasteiger charge is 1.79. The zero-order chi connectivity index (χ0) is 8.57. The second-order valence-corrected chi connectivity index (χ2v) is 2.78. The molecule has 0 aromatic rings. The summed E-state index contributed by atoms with van der Waals surface area (Å²) in [5.74, 6) is 0. The summed E-state index contributed by atoms with van der Waals surface area (Å²) in [4.78, 5) is 2.12. The summed E-state index contributed by atoms with van der Waals surface area (Å²) < 4.78 is 0. The molecule has 2 N–H and O–H groups in total. The van der Waals surface area contributed by atoms with Crippen molar-refractivity contribution in [2.45, 2.75) is 33.2 Å². The van der Waals surface area contributed by atoms with E-state index in [1.807, 2.05) is 6.92 Å². The van der Waals surface area contributed by atoms with Crippen LogP contribution in [0.25, 0.3) is 0 Å². The molecule has 0 radical (unpaired) electrons. The van der Waals surface area contributed by atoms with Gasteiger partial charge in [-0.1, -0.05) is 13.8 Å². The topological polar surface area (TPSA) is 29.3 Å². The van der Waals surface area contributed by atoms with Gasteiger partial charge in [0.1, 0.15) is 0 Å². The molecule has 0 aliphatic heterocycles. The second kappa shape index (κ2) is 8.92. The maximum Gasteiger partial charge on any atom is 0.000781 e. The van der Waals surface area contributed by atoms with E-state index in [2.05, 4.69) is 32.8 Å². The van der Waals surface area contributed by atoms with E-state index in [4.69, 9.17) is 5.73 Å². The summed E-state index contributed by atoms with van der Waals surface area (Å²) in [7, 11) is 4.11. The molecule has 0 amide bonds. The summed E-state index contributed by atoms with van der Waals surface area (Å²) in [5, 5.41) is 0. The van der Waals surface area contributed by atoms with Gasteiger partial charge >= 0.3 is 0 Å². The molecule has 64 valence electrons. The van der Waals surface area contributed by atoms with Gasteiger partial charge in [0, 0.05) is 6.04 Å². The molecule has 0 aliphatic rings. The van der Waals surface area contributed by atoms with Crippen LogP contribution in [0, 0.1) is 0 Å². The molecule has 0 bridgehead atoms. The molecule has 1 atom stereocenters. The van der Waals surface area contributed by atoms with Gasteiger partial charge in [-0.15, -0.1) is 0 Å². The Labute approximate surface area is 65.4 Å². The van der Waals surface area contributed by atoms with Crippen LogP contribution in [0.15, 0.2) is 0 Å². The maximum absolute atomic E-state index is 5.29. The van der Waals surface area contributed by atoms with Crippen LogP contribution in [0.3, 0.4) is 0 Å². The molecule has 1 unspecified atom stereocenters. The van der Waals surface area contributed by atoms with Crippen LogP contribution >= 0.6 is 0 Å². The molecule has 0 heterocycles. The first kappa shape index (κ1) is 12.6. The van der Waals surface area contributed by atoms with Crippen molar-refractivity contribution in [3.8, 4) is 0 Å². The lowest BCUT2D eigenvalue weighted by molar-refractivity contribution is 0.434. The van der Waals surface area contributed by atoms with Gasteiger partial charge in [-0.05, 0) is 34.0 Å². The Morgan fingerprint density at radius 3 is 1.50 bits per heavy atom. The SMILES string of the molecule is CCC(C)N.CCN(C)C. The Balaban J connectivity index is 0. The lowest BCUT2D eigenvalue weighted by atomic mass is 10.3. The van der Waals surface area contributed by atoms with Crippen molar-refractivity contribution in [3.63, 3.8) is 0 Å². The van der Waals surface area contributed by atoms with E-state index in [0.717, 1.165) is 13.0 Å². The molecule has 2 heteroatoms. The summed E-state index contributed by atoms with van der Waals surface area (Å²) >= 11 is 0. The molecular formula is C8H22N2. The highest BCUT2D eigenvalue weighted by Crippen LogP contribution is 1.77. The largest absolute Gasteiger partial charge is 0.328 e. The van der Waals surface area contributed by atoms with Crippen LogP contribution in [-0.4, -0.2) is 31.6 Å². The van der Waals surface area contributed by atoms with Crippen LogP contribution < -0.4 is 5.73 Å². The monoisotopic (exact) mass is 146 g/mol. The van der Waals surface area contributed by atoms with Crippen LogP contribution in [0.5, 0.6) is 0 Å². The van der Waals surface area contributed by atoms with Crippen molar-refractivity contribution in [1.82, 2.24) is 4.90 Å². The van der Waals surface area contributed by atoms with Gasteiger partial charge in [-0.2, -0.15) is 0 Å². The predicted octanol–water partition coefficient (Wildman–Crippen LogP) is 1.31. The Morgan fingerprint density at radius 2 is 1.50 bits per heavy atom. The van der Waals surface area contributed by atoms with Crippen molar-refractivity contribution >= 4 is 0 Å². The summed E-state index contributed by atoms with van der Waals surface area (Å²) in [5.41, 5.74) is 5.29. The fraction of sp³-hybridized carbons (Fsp3) is 1.00. The number of nitrogens with zero attached hydrogens (tertiary/aromatic N) is 1. The predicted molar refractivity (Wildman–Crippen MR) is 48.2 cm³/mol. The lowest BCUT2D eigenvalue weighted by Crippen LogP contribution is -2.11. The third-order valence-corrected chi connectivity index (χ3v) is 1.28. The molecule has 0 aliphatic carbocycles. The Bertz CT molecular complexity index is 43.2. The molecule has 0 saturated heterocycles. The van der Waals surface area contributed by atoms with Gasteiger partial charge in [0.15, 0.2) is 0 Å². The van der Waals surface area contributed by atoms with E-state index in [0.29, 0.717) is 6.04 Å². The first-order valence-electron chi connectivity index (χ1n) is 3.94. The van der Waals surface area contributed by atoms with Gasteiger partial charge < -0.3 is 10.6 Å². The van der Waals surface area contributed by atoms with Gasteiger partial charge in [0.25, 0.3) is 0 Å². The van der Waals surface area contributed by atoms with E-state index >= 15 is 0 Å². The fourth-order valence-electron chi connectivity index (χ4n) is 0. The standard InChI is InChI=1S/2C4H11N/c1-4-5(2)3;1-3-4(2)5/h4H2,1-3H3;4H,3,5H2,1-2H3. The molecule has 0 saturated carbocycles. The quantitative estimate of drug-likeness (QED) is 0.636. The molecule has 2 nitrogen and oxygen atoms in total. The van der Waals surface area contributed by atoms with E-state index in [-0.39, 0.29) is 0 Å². The molecule has 10 heavy (non-hydrogen) atoms. The number of hydrogen-bond donors (Lipinski definition) is 1. The second-order valence-electron chi connectivity index (χ2n) is 2.78. The minimum atomic E-state index is 0.384. The van der Waals surface area contributed by atoms with Crippen LogP contribution in [-0.2, 0) is 0 Å². The normalized spacial score (nSPS) is 12.3. The molecule has 0 aromatic carbocycles. The number of rotatable bonds is 2. The summed E-state index contributed by atoms with van der Waals surface area (Å²) in [6, 6.07) is 0.384. The fourth-order valence-corrected chi connectivity index (χ4v) is 0. The van der Waals surface area contributed by atoms with Crippen LogP contribution in [0.2, 0.25) is 0 Å². The van der Waals surface area contributed by atoms with E-state index in [9.17, 15) is 0 Å². The van der Waals surface area contributed by atoms with Crippen molar-refractivity contribution in [2.24, 2.45) is 5.73 Å². The molecular weight excluding hydrogens is 124 g/mol. The highest BCUT2D eigenvalue weighted by atomic mass is 15.0. The maximum atomic E-state index is 5.29. The first-order chi connectivity index (χ1) is 4.54. The minimum absolute atomic E-state index is 0.384. The Kier molecular flexibility index (Phi) is 11.2. The molecule has 0 spiro atoms. The van der Waals surface area contributed by atoms with Crippen LogP contribution in [0.4, 0.5) is 0 Å². The highest BCUT2D eigenvalue weighted by molar-refractivity contribution is 4.43.